The molecule has 2 aliphatic rings. The highest BCUT2D eigenvalue weighted by atomic mass is 16.1. The quantitative estimate of drug-likeness (QED) is 0.249. The number of carbonyl (C=O) groups excluding carboxylic acids is 1. The molecule has 0 aliphatic carbocycles. The number of nitrogens with zero attached hydrogens (tertiary/aromatic N) is 4. The van der Waals surface area contributed by atoms with Crippen molar-refractivity contribution in [2.75, 3.05) is 65.4 Å². The second kappa shape index (κ2) is 15.7. The van der Waals surface area contributed by atoms with Gasteiger partial charge in [0.25, 0.3) is 0 Å². The summed E-state index contributed by atoms with van der Waals surface area (Å²) < 4.78 is 0. The van der Waals surface area contributed by atoms with Crippen LogP contribution in [0.3, 0.4) is 0 Å². The van der Waals surface area contributed by atoms with E-state index in [4.69, 9.17) is 11.5 Å². The highest BCUT2D eigenvalue weighted by molar-refractivity contribution is 5.89. The lowest BCUT2D eigenvalue weighted by Crippen LogP contribution is -2.62. The fraction of sp³-hybridized carbons (Fsp3) is 0.359. The topological polar surface area (TPSA) is 82.1 Å². The molecule has 46 heavy (non-hydrogen) atoms. The van der Waals surface area contributed by atoms with Gasteiger partial charge in [0.1, 0.15) is 0 Å². The summed E-state index contributed by atoms with van der Waals surface area (Å²) in [5, 5.41) is 0. The van der Waals surface area contributed by atoms with Crippen LogP contribution in [0.25, 0.3) is 0 Å². The lowest BCUT2D eigenvalue weighted by atomic mass is 9.95. The molecule has 7 nitrogen and oxygen atoms in total. The summed E-state index contributed by atoms with van der Waals surface area (Å²) in [5.74, 6) is 0.164. The summed E-state index contributed by atoms with van der Waals surface area (Å²) in [6, 6.07) is 42.6. The summed E-state index contributed by atoms with van der Waals surface area (Å²) in [5.41, 5.74) is 17.9. The maximum atomic E-state index is 14.2. The van der Waals surface area contributed by atoms with Crippen molar-refractivity contribution < 1.29 is 4.79 Å². The van der Waals surface area contributed by atoms with Gasteiger partial charge in [-0.15, -0.1) is 0 Å². The molecule has 2 unspecified atom stereocenters. The number of hydrogen-bond donors (Lipinski definition) is 2. The van der Waals surface area contributed by atoms with Crippen LogP contribution in [0.2, 0.25) is 0 Å². The van der Waals surface area contributed by atoms with Crippen LogP contribution in [0.4, 0.5) is 0 Å². The standard InChI is InChI=1S/C39H48N6O/c40-29-35(42-21-25-44(26-22-42)37(31-13-5-1-6-14-31)32-15-7-2-8-16-32)39(46)36(30-41)43-23-27-45(28-24-43)38(33-17-9-3-10-18-33)34-19-11-4-12-20-34/h1-20,35-38H,21-30,40-41H2. The summed E-state index contributed by atoms with van der Waals surface area (Å²) >= 11 is 0. The zero-order valence-corrected chi connectivity index (χ0v) is 26.8. The number of piperazine rings is 2. The highest BCUT2D eigenvalue weighted by Crippen LogP contribution is 2.31. The molecule has 0 spiro atoms. The molecule has 2 aliphatic heterocycles. The first-order chi connectivity index (χ1) is 22.7. The van der Waals surface area contributed by atoms with Crippen LogP contribution in [-0.4, -0.2) is 103 Å². The molecule has 2 fully saturated rings. The summed E-state index contributed by atoms with van der Waals surface area (Å²) in [4.78, 5) is 23.8. The van der Waals surface area contributed by atoms with Crippen molar-refractivity contribution in [3.8, 4) is 0 Å². The van der Waals surface area contributed by atoms with Gasteiger partial charge in [-0.05, 0) is 22.3 Å². The molecule has 4 aromatic carbocycles. The molecule has 0 amide bonds. The molecule has 0 aromatic heterocycles. The summed E-state index contributed by atoms with van der Waals surface area (Å²) in [7, 11) is 0. The van der Waals surface area contributed by atoms with E-state index in [9.17, 15) is 4.79 Å². The average molecular weight is 617 g/mol. The van der Waals surface area contributed by atoms with Crippen molar-refractivity contribution in [2.24, 2.45) is 11.5 Å². The number of rotatable bonds is 12. The van der Waals surface area contributed by atoms with Gasteiger partial charge in [-0.2, -0.15) is 0 Å². The van der Waals surface area contributed by atoms with E-state index in [-0.39, 0.29) is 30.0 Å². The maximum absolute atomic E-state index is 14.2. The van der Waals surface area contributed by atoms with Crippen LogP contribution in [0.1, 0.15) is 34.3 Å². The van der Waals surface area contributed by atoms with Gasteiger partial charge in [0.15, 0.2) is 5.78 Å². The van der Waals surface area contributed by atoms with Crippen LogP contribution in [0.5, 0.6) is 0 Å². The fourth-order valence-electron chi connectivity index (χ4n) is 7.50. The van der Waals surface area contributed by atoms with Crippen molar-refractivity contribution in [3.63, 3.8) is 0 Å². The Morgan fingerprint density at radius 1 is 0.435 bits per heavy atom. The molecule has 2 heterocycles. The van der Waals surface area contributed by atoms with Crippen LogP contribution >= 0.6 is 0 Å². The zero-order valence-electron chi connectivity index (χ0n) is 26.8. The van der Waals surface area contributed by atoms with Crippen LogP contribution in [0.15, 0.2) is 121 Å². The van der Waals surface area contributed by atoms with E-state index in [1.807, 2.05) is 0 Å². The third-order valence-electron chi connectivity index (χ3n) is 9.87. The van der Waals surface area contributed by atoms with Gasteiger partial charge in [0.2, 0.25) is 0 Å². The Bertz CT molecular complexity index is 1280. The minimum Gasteiger partial charge on any atom is -0.328 e. The molecule has 4 aromatic rings. The minimum atomic E-state index is -0.331. The second-order valence-electron chi connectivity index (χ2n) is 12.5. The van der Waals surface area contributed by atoms with Crippen molar-refractivity contribution in [3.05, 3.63) is 144 Å². The SMILES string of the molecule is NCC(C(=O)C(CN)N1CCN(C(c2ccccc2)c2ccccc2)CC1)N1CCN(C(c2ccccc2)c2ccccc2)CC1. The van der Waals surface area contributed by atoms with Gasteiger partial charge in [-0.1, -0.05) is 121 Å². The molecule has 2 atom stereocenters. The molecule has 2 saturated heterocycles. The van der Waals surface area contributed by atoms with Crippen molar-refractivity contribution >= 4 is 5.78 Å². The van der Waals surface area contributed by atoms with Gasteiger partial charge in [-0.25, -0.2) is 0 Å². The Balaban J connectivity index is 1.10. The molecule has 6 rings (SSSR count). The number of nitrogens with two attached hydrogens (primary N) is 2. The number of Topliss-reactive ketones (excluding diaryl/α,β-unsaturated/α-hetero) is 1. The van der Waals surface area contributed by atoms with E-state index in [1.165, 1.54) is 22.3 Å². The van der Waals surface area contributed by atoms with Gasteiger partial charge < -0.3 is 11.5 Å². The molecule has 7 heteroatoms. The largest absolute Gasteiger partial charge is 0.328 e. The Labute approximate surface area is 274 Å². The molecular weight excluding hydrogens is 568 g/mol. The Morgan fingerprint density at radius 3 is 0.913 bits per heavy atom. The predicted molar refractivity (Wildman–Crippen MR) is 186 cm³/mol. The summed E-state index contributed by atoms with van der Waals surface area (Å²) in [6.45, 7) is 7.26. The van der Waals surface area contributed by atoms with Crippen LogP contribution in [-0.2, 0) is 4.79 Å². The lowest BCUT2D eigenvalue weighted by Gasteiger charge is -2.45. The van der Waals surface area contributed by atoms with E-state index >= 15 is 0 Å². The second-order valence-corrected chi connectivity index (χ2v) is 12.5. The molecule has 0 bridgehead atoms. The average Bonchev–Trinajstić information content (AvgIpc) is 3.12. The van der Waals surface area contributed by atoms with Crippen LogP contribution < -0.4 is 11.5 Å². The van der Waals surface area contributed by atoms with Crippen molar-refractivity contribution in [2.45, 2.75) is 24.2 Å². The number of benzene rings is 4. The number of ketones is 1. The number of hydrogen-bond acceptors (Lipinski definition) is 7. The first-order valence-corrected chi connectivity index (χ1v) is 16.8. The summed E-state index contributed by atoms with van der Waals surface area (Å²) in [6.07, 6.45) is 0. The van der Waals surface area contributed by atoms with Crippen LogP contribution in [0, 0.1) is 0 Å². The smallest absolute Gasteiger partial charge is 0.169 e. The van der Waals surface area contributed by atoms with Gasteiger partial charge in [-0.3, -0.25) is 24.4 Å². The van der Waals surface area contributed by atoms with E-state index in [2.05, 4.69) is 141 Å². The Kier molecular flexibility index (Phi) is 11.0. The van der Waals surface area contributed by atoms with E-state index in [0.717, 1.165) is 52.4 Å². The van der Waals surface area contributed by atoms with E-state index < -0.39 is 0 Å². The number of carbonyl (C=O) groups is 1. The van der Waals surface area contributed by atoms with Crippen molar-refractivity contribution in [1.82, 2.24) is 19.6 Å². The molecule has 0 saturated carbocycles. The van der Waals surface area contributed by atoms with Gasteiger partial charge in [0.05, 0.1) is 24.2 Å². The molecular formula is C39H48N6O. The Morgan fingerprint density at radius 2 is 0.674 bits per heavy atom. The third-order valence-corrected chi connectivity index (χ3v) is 9.87. The van der Waals surface area contributed by atoms with Crippen molar-refractivity contribution in [1.29, 1.82) is 0 Å². The molecule has 0 radical (unpaired) electrons. The van der Waals surface area contributed by atoms with Gasteiger partial charge >= 0.3 is 0 Å². The van der Waals surface area contributed by atoms with E-state index in [0.29, 0.717) is 13.1 Å². The minimum absolute atomic E-state index is 0.164. The van der Waals surface area contributed by atoms with E-state index in [1.54, 1.807) is 0 Å². The first kappa shape index (κ1) is 32.3. The normalized spacial score (nSPS) is 18.5. The monoisotopic (exact) mass is 616 g/mol. The Hall–Kier alpha value is -3.69. The maximum Gasteiger partial charge on any atom is 0.169 e. The fourth-order valence-corrected chi connectivity index (χ4v) is 7.50. The zero-order chi connectivity index (χ0) is 31.7. The highest BCUT2D eigenvalue weighted by Gasteiger charge is 2.38. The molecule has 4 N–H and O–H groups in total. The first-order valence-electron chi connectivity index (χ1n) is 16.8. The molecule has 240 valence electrons. The third kappa shape index (κ3) is 7.31. The predicted octanol–water partition coefficient (Wildman–Crippen LogP) is 4.02. The van der Waals surface area contributed by atoms with Gasteiger partial charge in [0, 0.05) is 65.4 Å². The lowest BCUT2D eigenvalue weighted by molar-refractivity contribution is -0.130.